The van der Waals surface area contributed by atoms with Crippen LogP contribution in [-0.4, -0.2) is 4.98 Å². The maximum absolute atomic E-state index is 12.5. The van der Waals surface area contributed by atoms with Crippen molar-refractivity contribution in [2.45, 2.75) is 24.4 Å². The molecule has 0 aliphatic heterocycles. The summed E-state index contributed by atoms with van der Waals surface area (Å²) in [5, 5.41) is 9.09. The number of halogens is 3. The van der Waals surface area contributed by atoms with E-state index in [0.717, 1.165) is 23.9 Å². The van der Waals surface area contributed by atoms with E-state index in [9.17, 15) is 13.2 Å². The fourth-order valence-electron chi connectivity index (χ4n) is 1.99. The van der Waals surface area contributed by atoms with Gasteiger partial charge in [-0.05, 0) is 25.0 Å². The maximum Gasteiger partial charge on any atom is 0.416 e. The molecule has 17 heavy (non-hydrogen) atoms. The van der Waals surface area contributed by atoms with Gasteiger partial charge in [0.1, 0.15) is 5.41 Å². The van der Waals surface area contributed by atoms with Gasteiger partial charge >= 0.3 is 6.18 Å². The largest absolute Gasteiger partial charge is 0.416 e. The highest BCUT2D eigenvalue weighted by atomic mass is 19.4. The van der Waals surface area contributed by atoms with Crippen LogP contribution in [0.4, 0.5) is 13.2 Å². The summed E-state index contributed by atoms with van der Waals surface area (Å²) in [6, 6.07) is 3.91. The molecule has 0 atom stereocenters. The lowest BCUT2D eigenvalue weighted by Gasteiger charge is -2.36. The van der Waals surface area contributed by atoms with E-state index in [2.05, 4.69) is 11.6 Å². The summed E-state index contributed by atoms with van der Waals surface area (Å²) < 4.78 is 37.6. The molecule has 1 aliphatic rings. The normalized spacial score (nSPS) is 18.4. The van der Waals surface area contributed by atoms with Crippen molar-refractivity contribution in [1.82, 2.24) is 4.98 Å². The molecule has 0 bridgehead atoms. The number of hydrogen-bond acceptors (Lipinski definition) is 2. The molecule has 0 spiro atoms. The molecule has 1 saturated carbocycles. The predicted molar refractivity (Wildman–Crippen MR) is 54.9 cm³/mol. The summed E-state index contributed by atoms with van der Waals surface area (Å²) in [6.07, 6.45) is -2.54. The Balaban J connectivity index is 2.41. The Morgan fingerprint density at radius 1 is 1.41 bits per heavy atom. The van der Waals surface area contributed by atoms with Crippen molar-refractivity contribution in [1.29, 1.82) is 5.26 Å². The minimum absolute atomic E-state index is 0.183. The zero-order valence-electron chi connectivity index (χ0n) is 8.88. The SMILES string of the molecule is C=C1CC(C#N)(c2cc(C(F)(F)F)ccn2)C1. The molecule has 1 aliphatic carbocycles. The van der Waals surface area contributed by atoms with Crippen molar-refractivity contribution in [2.75, 3.05) is 0 Å². The second-order valence-electron chi connectivity index (χ2n) is 4.22. The molecular weight excluding hydrogens is 229 g/mol. The minimum Gasteiger partial charge on any atom is -0.260 e. The fraction of sp³-hybridized carbons (Fsp3) is 0.333. The van der Waals surface area contributed by atoms with Crippen molar-refractivity contribution in [3.63, 3.8) is 0 Å². The molecule has 2 rings (SSSR count). The molecule has 0 aromatic carbocycles. The van der Waals surface area contributed by atoms with Crippen molar-refractivity contribution < 1.29 is 13.2 Å². The summed E-state index contributed by atoms with van der Waals surface area (Å²) in [7, 11) is 0. The highest BCUT2D eigenvalue weighted by Gasteiger charge is 2.44. The topological polar surface area (TPSA) is 36.7 Å². The Hall–Kier alpha value is -1.83. The van der Waals surface area contributed by atoms with E-state index in [1.165, 1.54) is 0 Å². The first kappa shape index (κ1) is 11.6. The van der Waals surface area contributed by atoms with E-state index in [1.54, 1.807) is 0 Å². The van der Waals surface area contributed by atoms with Gasteiger partial charge in [-0.25, -0.2) is 0 Å². The first-order valence-corrected chi connectivity index (χ1v) is 4.99. The molecule has 1 fully saturated rings. The standard InChI is InChI=1S/C12H9F3N2/c1-8-5-11(6-8,7-16)10-4-9(2-3-17-10)12(13,14)15/h2-4H,1,5-6H2. The van der Waals surface area contributed by atoms with Gasteiger partial charge in [-0.3, -0.25) is 4.98 Å². The number of aromatic nitrogens is 1. The number of hydrogen-bond donors (Lipinski definition) is 0. The first-order chi connectivity index (χ1) is 7.87. The van der Waals surface area contributed by atoms with Crippen molar-refractivity contribution in [2.24, 2.45) is 0 Å². The van der Waals surface area contributed by atoms with Crippen LogP contribution >= 0.6 is 0 Å². The highest BCUT2D eigenvalue weighted by Crippen LogP contribution is 2.46. The van der Waals surface area contributed by atoms with E-state index < -0.39 is 17.2 Å². The van der Waals surface area contributed by atoms with Gasteiger partial charge in [0.25, 0.3) is 0 Å². The number of pyridine rings is 1. The molecule has 0 N–H and O–H groups in total. The van der Waals surface area contributed by atoms with Crippen molar-refractivity contribution in [3.8, 4) is 6.07 Å². The van der Waals surface area contributed by atoms with Gasteiger partial charge in [0.2, 0.25) is 0 Å². The van der Waals surface area contributed by atoms with Crippen LogP contribution in [-0.2, 0) is 11.6 Å². The fourth-order valence-corrected chi connectivity index (χ4v) is 1.99. The predicted octanol–water partition coefficient (Wildman–Crippen LogP) is 3.21. The van der Waals surface area contributed by atoms with Crippen LogP contribution in [0.2, 0.25) is 0 Å². The van der Waals surface area contributed by atoms with Crippen LogP contribution in [0.25, 0.3) is 0 Å². The zero-order valence-corrected chi connectivity index (χ0v) is 8.88. The number of nitriles is 1. The van der Waals surface area contributed by atoms with Gasteiger partial charge in [-0.15, -0.1) is 0 Å². The smallest absolute Gasteiger partial charge is 0.260 e. The second-order valence-corrected chi connectivity index (χ2v) is 4.22. The number of alkyl halides is 3. The van der Waals surface area contributed by atoms with Crippen LogP contribution in [0.3, 0.4) is 0 Å². The molecule has 2 nitrogen and oxygen atoms in total. The van der Waals surface area contributed by atoms with E-state index in [0.29, 0.717) is 12.8 Å². The monoisotopic (exact) mass is 238 g/mol. The molecule has 88 valence electrons. The van der Waals surface area contributed by atoms with E-state index in [1.807, 2.05) is 6.07 Å². The maximum atomic E-state index is 12.5. The third kappa shape index (κ3) is 1.91. The molecule has 1 aromatic rings. The van der Waals surface area contributed by atoms with Crippen LogP contribution in [0.1, 0.15) is 24.1 Å². The summed E-state index contributed by atoms with van der Waals surface area (Å²) in [4.78, 5) is 3.89. The minimum atomic E-state index is -4.41. The Morgan fingerprint density at radius 3 is 2.53 bits per heavy atom. The van der Waals surface area contributed by atoms with Gasteiger partial charge in [-0.2, -0.15) is 18.4 Å². The molecule has 1 aromatic heterocycles. The Labute approximate surface area is 96.4 Å². The third-order valence-corrected chi connectivity index (χ3v) is 2.90. The Morgan fingerprint density at radius 2 is 2.06 bits per heavy atom. The number of nitrogens with zero attached hydrogens (tertiary/aromatic N) is 2. The average Bonchev–Trinajstić information content (AvgIpc) is 2.23. The molecule has 0 amide bonds. The van der Waals surface area contributed by atoms with E-state index >= 15 is 0 Å². The van der Waals surface area contributed by atoms with Gasteiger partial charge in [0.05, 0.1) is 17.3 Å². The quantitative estimate of drug-likeness (QED) is 0.704. The first-order valence-electron chi connectivity index (χ1n) is 4.99. The third-order valence-electron chi connectivity index (χ3n) is 2.90. The van der Waals surface area contributed by atoms with Gasteiger partial charge in [0, 0.05) is 6.20 Å². The molecule has 0 radical (unpaired) electrons. The lowest BCUT2D eigenvalue weighted by Crippen LogP contribution is -2.35. The Kier molecular flexibility index (Phi) is 2.46. The van der Waals surface area contributed by atoms with Crippen LogP contribution in [0.15, 0.2) is 30.5 Å². The van der Waals surface area contributed by atoms with E-state index in [-0.39, 0.29) is 5.69 Å². The number of allylic oxidation sites excluding steroid dienone is 1. The summed E-state index contributed by atoms with van der Waals surface area (Å²) in [6.45, 7) is 3.70. The lowest BCUT2D eigenvalue weighted by atomic mass is 9.65. The van der Waals surface area contributed by atoms with Gasteiger partial charge in [0.15, 0.2) is 0 Å². The van der Waals surface area contributed by atoms with E-state index in [4.69, 9.17) is 5.26 Å². The van der Waals surface area contributed by atoms with Gasteiger partial charge in [-0.1, -0.05) is 12.2 Å². The summed E-state index contributed by atoms with van der Waals surface area (Å²) in [5.74, 6) is 0. The number of rotatable bonds is 1. The molecule has 5 heteroatoms. The molecule has 1 heterocycles. The lowest BCUT2D eigenvalue weighted by molar-refractivity contribution is -0.137. The van der Waals surface area contributed by atoms with Crippen molar-refractivity contribution in [3.05, 3.63) is 41.7 Å². The zero-order chi connectivity index (χ0) is 12.7. The highest BCUT2D eigenvalue weighted by molar-refractivity contribution is 5.40. The van der Waals surface area contributed by atoms with Crippen LogP contribution < -0.4 is 0 Å². The second kappa shape index (κ2) is 3.59. The molecule has 0 unspecified atom stereocenters. The molecular formula is C12H9F3N2. The van der Waals surface area contributed by atoms with Gasteiger partial charge < -0.3 is 0 Å². The summed E-state index contributed by atoms with van der Waals surface area (Å²) >= 11 is 0. The van der Waals surface area contributed by atoms with Crippen LogP contribution in [0, 0.1) is 11.3 Å². The van der Waals surface area contributed by atoms with Crippen LogP contribution in [0.5, 0.6) is 0 Å². The average molecular weight is 238 g/mol. The van der Waals surface area contributed by atoms with Crippen molar-refractivity contribution >= 4 is 0 Å². The molecule has 0 saturated heterocycles. The Bertz CT molecular complexity index is 503. The summed E-state index contributed by atoms with van der Waals surface area (Å²) in [5.41, 5.74) is -0.638.